The lowest BCUT2D eigenvalue weighted by molar-refractivity contribution is -0.138. The minimum Gasteiger partial charge on any atom is -0.489 e. The molecule has 0 heterocycles. The predicted molar refractivity (Wildman–Crippen MR) is 127 cm³/mol. The van der Waals surface area contributed by atoms with Crippen molar-refractivity contribution in [2.45, 2.75) is 18.9 Å². The topological polar surface area (TPSA) is 81.7 Å². The first-order valence-electron chi connectivity index (χ1n) is 10.8. The lowest BCUT2D eigenvalue weighted by atomic mass is 10.1. The maximum absolute atomic E-state index is 11.0. The number of carbonyl (C=O) groups is 1. The molecule has 1 saturated carbocycles. The highest BCUT2D eigenvalue weighted by Gasteiger charge is 2.44. The summed E-state index contributed by atoms with van der Waals surface area (Å²) in [6.45, 7) is 7.68. The molecule has 0 unspecified atom stereocenters. The fourth-order valence-corrected chi connectivity index (χ4v) is 3.65. The van der Waals surface area contributed by atoms with Crippen LogP contribution in [0.25, 0.3) is 4.85 Å². The summed E-state index contributed by atoms with van der Waals surface area (Å²) in [5.74, 6) is 0.560. The van der Waals surface area contributed by atoms with Crippen molar-refractivity contribution in [1.29, 1.82) is 0 Å². The smallest absolute Gasteiger partial charge is 0.307 e. The van der Waals surface area contributed by atoms with Gasteiger partial charge in [-0.3, -0.25) is 4.79 Å². The molecule has 3 aromatic rings. The van der Waals surface area contributed by atoms with E-state index in [1.165, 1.54) is 7.11 Å². The number of ether oxygens (including phenoxy) is 2. The van der Waals surface area contributed by atoms with Gasteiger partial charge in [-0.1, -0.05) is 53.7 Å². The molecule has 0 spiro atoms. The predicted octanol–water partition coefficient (Wildman–Crippen LogP) is 5.43. The Balaban J connectivity index is 1.28. The normalized spacial score (nSPS) is 16.9. The van der Waals surface area contributed by atoms with Crippen LogP contribution in [-0.4, -0.2) is 30.5 Å². The van der Waals surface area contributed by atoms with E-state index in [4.69, 9.17) is 26.0 Å². The molecule has 0 aliphatic heterocycles. The summed E-state index contributed by atoms with van der Waals surface area (Å²) in [5, 5.41) is 13.1. The zero-order valence-corrected chi connectivity index (χ0v) is 18.7. The van der Waals surface area contributed by atoms with Crippen LogP contribution in [0.3, 0.4) is 0 Å². The van der Waals surface area contributed by atoms with E-state index < -0.39 is 5.97 Å². The van der Waals surface area contributed by atoms with Crippen LogP contribution in [-0.2, 0) is 16.2 Å². The van der Waals surface area contributed by atoms with Gasteiger partial charge in [0.15, 0.2) is 5.69 Å². The molecule has 0 saturated heterocycles. The fourth-order valence-electron chi connectivity index (χ4n) is 3.65. The fraction of sp³-hybridized carbons (Fsp3) is 0.222. The van der Waals surface area contributed by atoms with E-state index in [-0.39, 0.29) is 18.4 Å². The van der Waals surface area contributed by atoms with Gasteiger partial charge in [0.05, 0.1) is 12.5 Å². The molecule has 172 valence electrons. The average Bonchev–Trinajstić information content (AvgIpc) is 3.68. The van der Waals surface area contributed by atoms with Crippen molar-refractivity contribution in [3.63, 3.8) is 0 Å². The van der Waals surface area contributed by atoms with Crippen molar-refractivity contribution in [3.8, 4) is 11.5 Å². The van der Waals surface area contributed by atoms with Gasteiger partial charge in [0.2, 0.25) is 0 Å². The Bertz CT molecular complexity index is 1200. The molecule has 7 nitrogen and oxygen atoms in total. The number of aliphatic carboxylic acids is 1. The number of oxime groups is 1. The lowest BCUT2D eigenvalue weighted by Gasteiger charge is -2.10. The molecule has 0 bridgehead atoms. The number of rotatable bonds is 10. The molecule has 3 aromatic carbocycles. The van der Waals surface area contributed by atoms with Gasteiger partial charge in [0, 0.05) is 5.56 Å². The van der Waals surface area contributed by atoms with E-state index in [1.807, 2.05) is 60.7 Å². The van der Waals surface area contributed by atoms with Gasteiger partial charge in [0.1, 0.15) is 37.5 Å². The Morgan fingerprint density at radius 3 is 2.24 bits per heavy atom. The number of benzene rings is 3. The molecule has 0 aromatic heterocycles. The van der Waals surface area contributed by atoms with Crippen molar-refractivity contribution < 1.29 is 24.2 Å². The summed E-state index contributed by atoms with van der Waals surface area (Å²) in [5.41, 5.74) is 4.04. The quantitative estimate of drug-likeness (QED) is 0.250. The van der Waals surface area contributed by atoms with Crippen LogP contribution < -0.4 is 9.47 Å². The van der Waals surface area contributed by atoms with Gasteiger partial charge in [-0.2, -0.15) is 0 Å². The molecule has 1 fully saturated rings. The third-order valence-corrected chi connectivity index (χ3v) is 5.65. The van der Waals surface area contributed by atoms with Gasteiger partial charge < -0.3 is 19.4 Å². The van der Waals surface area contributed by atoms with E-state index in [9.17, 15) is 4.79 Å². The average molecular weight is 456 g/mol. The minimum atomic E-state index is -0.727. The largest absolute Gasteiger partial charge is 0.489 e. The van der Waals surface area contributed by atoms with E-state index in [1.54, 1.807) is 12.1 Å². The van der Waals surface area contributed by atoms with E-state index in [0.29, 0.717) is 30.2 Å². The van der Waals surface area contributed by atoms with Crippen molar-refractivity contribution in [1.82, 2.24) is 0 Å². The molecule has 2 atom stereocenters. The van der Waals surface area contributed by atoms with Crippen LogP contribution >= 0.6 is 0 Å². The van der Waals surface area contributed by atoms with Crippen LogP contribution in [0.4, 0.5) is 5.69 Å². The summed E-state index contributed by atoms with van der Waals surface area (Å²) in [6, 6.07) is 22.3. The summed E-state index contributed by atoms with van der Waals surface area (Å²) < 4.78 is 11.7. The van der Waals surface area contributed by atoms with Gasteiger partial charge >= 0.3 is 5.97 Å². The van der Waals surface area contributed by atoms with Gasteiger partial charge in [0.25, 0.3) is 0 Å². The van der Waals surface area contributed by atoms with Gasteiger partial charge in [-0.05, 0) is 47.7 Å². The van der Waals surface area contributed by atoms with Gasteiger partial charge in [-0.15, -0.1) is 0 Å². The monoisotopic (exact) mass is 456 g/mol. The third kappa shape index (κ3) is 5.73. The number of nitrogens with zero attached hydrogens (tertiary/aromatic N) is 2. The summed E-state index contributed by atoms with van der Waals surface area (Å²) in [6.07, 6.45) is 0.706. The lowest BCUT2D eigenvalue weighted by Crippen LogP contribution is -2.13. The number of carboxylic acids is 1. The van der Waals surface area contributed by atoms with Crippen LogP contribution in [0.5, 0.6) is 11.5 Å². The van der Waals surface area contributed by atoms with E-state index >= 15 is 0 Å². The Hall–Kier alpha value is -4.31. The van der Waals surface area contributed by atoms with Crippen molar-refractivity contribution in [3.05, 3.63) is 101 Å². The van der Waals surface area contributed by atoms with Crippen molar-refractivity contribution in [2.24, 2.45) is 11.1 Å². The zero-order valence-electron chi connectivity index (χ0n) is 18.7. The van der Waals surface area contributed by atoms with Crippen molar-refractivity contribution >= 4 is 17.4 Å². The molecule has 0 amide bonds. The Kier molecular flexibility index (Phi) is 7.09. The maximum Gasteiger partial charge on any atom is 0.307 e. The highest BCUT2D eigenvalue weighted by Crippen LogP contribution is 2.47. The third-order valence-electron chi connectivity index (χ3n) is 5.65. The molecular weight excluding hydrogens is 432 g/mol. The second-order valence-electron chi connectivity index (χ2n) is 7.96. The zero-order chi connectivity index (χ0) is 23.9. The van der Waals surface area contributed by atoms with Crippen LogP contribution in [0, 0.1) is 12.5 Å². The second kappa shape index (κ2) is 10.5. The van der Waals surface area contributed by atoms with E-state index in [2.05, 4.69) is 10.0 Å². The molecule has 1 aliphatic carbocycles. The molecule has 7 heteroatoms. The number of hydrogen-bond donors (Lipinski definition) is 1. The minimum absolute atomic E-state index is 0.117. The Morgan fingerprint density at radius 2 is 1.65 bits per heavy atom. The number of hydrogen-bond acceptors (Lipinski definition) is 5. The highest BCUT2D eigenvalue weighted by atomic mass is 16.6. The molecule has 4 rings (SSSR count). The van der Waals surface area contributed by atoms with Crippen LogP contribution in [0.1, 0.15) is 29.0 Å². The summed E-state index contributed by atoms with van der Waals surface area (Å²) in [7, 11) is 1.48. The van der Waals surface area contributed by atoms with Crippen LogP contribution in [0.2, 0.25) is 0 Å². The first kappa shape index (κ1) is 22.9. The number of carboxylic acid groups (broad SMARTS) is 1. The molecule has 0 radical (unpaired) electrons. The summed E-state index contributed by atoms with van der Waals surface area (Å²) in [4.78, 5) is 19.4. The first-order valence-corrected chi connectivity index (χ1v) is 10.8. The molecular formula is C27H24N2O5. The standard InChI is InChI=1S/C27H24N2O5/c1-28-21-9-5-20(6-10-21)26(29-32-2)17-34-22-11-3-18(4-12-22)16-33-23-13-7-19(8-14-23)24-15-25(24)27(30)31/h3-14,24-25H,15-17H2,2H3,(H,30,31)/b29-26+/t24-,25+/m1/s1. The molecule has 34 heavy (non-hydrogen) atoms. The second-order valence-corrected chi connectivity index (χ2v) is 7.96. The van der Waals surface area contributed by atoms with E-state index in [0.717, 1.165) is 22.4 Å². The Labute approximate surface area is 198 Å². The van der Waals surface area contributed by atoms with Gasteiger partial charge in [-0.25, -0.2) is 4.85 Å². The first-order chi connectivity index (χ1) is 16.6. The van der Waals surface area contributed by atoms with Crippen LogP contribution in [0.15, 0.2) is 78.0 Å². The maximum atomic E-state index is 11.0. The van der Waals surface area contributed by atoms with Crippen molar-refractivity contribution in [2.75, 3.05) is 13.7 Å². The SMILES string of the molecule is [C-]#[N+]c1ccc(/C(COc2ccc(COc3ccc([C@H]4C[C@@H]4C(=O)O)cc3)cc2)=N/OC)cc1. The highest BCUT2D eigenvalue weighted by molar-refractivity contribution is 6.01. The summed E-state index contributed by atoms with van der Waals surface area (Å²) >= 11 is 0. The Morgan fingerprint density at radius 1 is 1.00 bits per heavy atom. The molecule has 1 aliphatic rings. The molecule has 1 N–H and O–H groups in total.